The van der Waals surface area contributed by atoms with E-state index in [2.05, 4.69) is 25.7 Å². The molecule has 1 N–H and O–H groups in total. The number of aliphatic hydroxyl groups is 1. The predicted molar refractivity (Wildman–Crippen MR) is 51.1 cm³/mol. The molecule has 12 heavy (non-hydrogen) atoms. The summed E-state index contributed by atoms with van der Waals surface area (Å²) in [5.74, 6) is 0.387. The lowest BCUT2D eigenvalue weighted by molar-refractivity contribution is 0.0752. The van der Waals surface area contributed by atoms with E-state index in [1.165, 1.54) is 12.8 Å². The summed E-state index contributed by atoms with van der Waals surface area (Å²) in [4.78, 5) is 2.39. The van der Waals surface area contributed by atoms with Crippen LogP contribution in [0.2, 0.25) is 0 Å². The minimum Gasteiger partial charge on any atom is -0.392 e. The van der Waals surface area contributed by atoms with E-state index in [4.69, 9.17) is 0 Å². The summed E-state index contributed by atoms with van der Waals surface area (Å²) < 4.78 is 0. The molecule has 0 aliphatic heterocycles. The summed E-state index contributed by atoms with van der Waals surface area (Å²) in [6, 6.07) is 0.781. The Bertz CT molecular complexity index is 132. The molecule has 0 amide bonds. The normalized spacial score (nSPS) is 20.5. The zero-order valence-electron chi connectivity index (χ0n) is 8.45. The van der Waals surface area contributed by atoms with Crippen LogP contribution in [0.4, 0.5) is 0 Å². The summed E-state index contributed by atoms with van der Waals surface area (Å²) in [6.45, 7) is 8.26. The molecule has 1 unspecified atom stereocenters. The van der Waals surface area contributed by atoms with Crippen LogP contribution < -0.4 is 0 Å². The van der Waals surface area contributed by atoms with Crippen molar-refractivity contribution in [2.24, 2.45) is 5.92 Å². The van der Waals surface area contributed by atoms with Gasteiger partial charge in [-0.2, -0.15) is 0 Å². The maximum Gasteiger partial charge on any atom is 0.0690 e. The number of hydrogen-bond donors (Lipinski definition) is 1. The van der Waals surface area contributed by atoms with Crippen molar-refractivity contribution >= 4 is 0 Å². The van der Waals surface area contributed by atoms with Crippen LogP contribution in [0.1, 0.15) is 33.6 Å². The second-order valence-corrected chi connectivity index (χ2v) is 4.13. The molecule has 1 fully saturated rings. The maximum absolute atomic E-state index is 9.66. The van der Waals surface area contributed by atoms with Crippen molar-refractivity contribution in [1.29, 1.82) is 0 Å². The number of likely N-dealkylation sites (N-methyl/N-ethyl adjacent to an activating group) is 1. The second-order valence-electron chi connectivity index (χ2n) is 4.13. The largest absolute Gasteiger partial charge is 0.392 e. The van der Waals surface area contributed by atoms with Crippen LogP contribution in [-0.2, 0) is 0 Å². The standard InChI is InChI=1S/C10H21NO/c1-4-11(9-5-6-9)7-10(12)8(2)3/h8-10,12H,4-7H2,1-3H3. The molecule has 2 heteroatoms. The van der Waals surface area contributed by atoms with Gasteiger partial charge in [0.1, 0.15) is 0 Å². The van der Waals surface area contributed by atoms with E-state index in [-0.39, 0.29) is 6.10 Å². The van der Waals surface area contributed by atoms with Crippen LogP contribution >= 0.6 is 0 Å². The highest BCUT2D eigenvalue weighted by atomic mass is 16.3. The molecule has 72 valence electrons. The molecule has 0 bridgehead atoms. The lowest BCUT2D eigenvalue weighted by Gasteiger charge is -2.25. The van der Waals surface area contributed by atoms with Gasteiger partial charge in [-0.05, 0) is 25.3 Å². The van der Waals surface area contributed by atoms with Gasteiger partial charge in [0.2, 0.25) is 0 Å². The smallest absolute Gasteiger partial charge is 0.0690 e. The number of nitrogens with zero attached hydrogens (tertiary/aromatic N) is 1. The minimum atomic E-state index is -0.148. The Morgan fingerprint density at radius 1 is 1.42 bits per heavy atom. The zero-order valence-corrected chi connectivity index (χ0v) is 8.45. The molecule has 0 heterocycles. The van der Waals surface area contributed by atoms with E-state index in [0.29, 0.717) is 5.92 Å². The lowest BCUT2D eigenvalue weighted by atomic mass is 10.1. The quantitative estimate of drug-likeness (QED) is 0.677. The van der Waals surface area contributed by atoms with E-state index in [9.17, 15) is 5.11 Å². The molecule has 1 rings (SSSR count). The van der Waals surface area contributed by atoms with E-state index >= 15 is 0 Å². The molecule has 0 saturated heterocycles. The van der Waals surface area contributed by atoms with Crippen LogP contribution in [0.5, 0.6) is 0 Å². The number of aliphatic hydroxyl groups excluding tert-OH is 1. The minimum absolute atomic E-state index is 0.148. The summed E-state index contributed by atoms with van der Waals surface area (Å²) in [7, 11) is 0. The van der Waals surface area contributed by atoms with Gasteiger partial charge in [0.15, 0.2) is 0 Å². The molecule has 0 spiro atoms. The highest BCUT2D eigenvalue weighted by Crippen LogP contribution is 2.26. The maximum atomic E-state index is 9.66. The SMILES string of the molecule is CCN(CC(O)C(C)C)C1CC1. The van der Waals surface area contributed by atoms with Crippen molar-refractivity contribution in [3.05, 3.63) is 0 Å². The molecule has 0 radical (unpaired) electrons. The van der Waals surface area contributed by atoms with Gasteiger partial charge in [0.05, 0.1) is 6.10 Å². The molecular weight excluding hydrogens is 150 g/mol. The number of rotatable bonds is 5. The van der Waals surface area contributed by atoms with Crippen molar-refractivity contribution in [3.63, 3.8) is 0 Å². The fourth-order valence-corrected chi connectivity index (χ4v) is 1.43. The van der Waals surface area contributed by atoms with E-state index < -0.39 is 0 Å². The zero-order chi connectivity index (χ0) is 9.14. The van der Waals surface area contributed by atoms with Crippen LogP contribution in [0, 0.1) is 5.92 Å². The summed E-state index contributed by atoms with van der Waals surface area (Å²) in [5.41, 5.74) is 0. The van der Waals surface area contributed by atoms with Crippen LogP contribution in [0.15, 0.2) is 0 Å². The van der Waals surface area contributed by atoms with Gasteiger partial charge in [-0.3, -0.25) is 4.90 Å². The average Bonchev–Trinajstić information content (AvgIpc) is 2.82. The second kappa shape index (κ2) is 4.24. The summed E-state index contributed by atoms with van der Waals surface area (Å²) in [6.07, 6.45) is 2.52. The first-order chi connectivity index (χ1) is 5.65. The fourth-order valence-electron chi connectivity index (χ4n) is 1.43. The van der Waals surface area contributed by atoms with Gasteiger partial charge in [-0.25, -0.2) is 0 Å². The third-order valence-electron chi connectivity index (χ3n) is 2.66. The van der Waals surface area contributed by atoms with E-state index in [0.717, 1.165) is 19.1 Å². The van der Waals surface area contributed by atoms with Gasteiger partial charge >= 0.3 is 0 Å². The van der Waals surface area contributed by atoms with Gasteiger partial charge in [-0.15, -0.1) is 0 Å². The Morgan fingerprint density at radius 2 is 2.00 bits per heavy atom. The first-order valence-electron chi connectivity index (χ1n) is 5.07. The monoisotopic (exact) mass is 171 g/mol. The Balaban J connectivity index is 2.25. The molecule has 0 aromatic heterocycles. The molecule has 1 saturated carbocycles. The fraction of sp³-hybridized carbons (Fsp3) is 1.00. The molecular formula is C10H21NO. The molecule has 1 aliphatic carbocycles. The van der Waals surface area contributed by atoms with E-state index in [1.807, 2.05) is 0 Å². The van der Waals surface area contributed by atoms with Crippen molar-refractivity contribution in [1.82, 2.24) is 4.90 Å². The Kier molecular flexibility index (Phi) is 3.53. The van der Waals surface area contributed by atoms with Gasteiger partial charge in [-0.1, -0.05) is 20.8 Å². The van der Waals surface area contributed by atoms with Crippen molar-refractivity contribution in [2.75, 3.05) is 13.1 Å². The van der Waals surface area contributed by atoms with Gasteiger partial charge in [0.25, 0.3) is 0 Å². The first-order valence-corrected chi connectivity index (χ1v) is 5.07. The lowest BCUT2D eigenvalue weighted by Crippen LogP contribution is -2.36. The summed E-state index contributed by atoms with van der Waals surface area (Å²) >= 11 is 0. The molecule has 0 aromatic carbocycles. The molecule has 1 atom stereocenters. The number of hydrogen-bond acceptors (Lipinski definition) is 2. The summed E-state index contributed by atoms with van der Waals surface area (Å²) in [5, 5.41) is 9.66. The Hall–Kier alpha value is -0.0800. The van der Waals surface area contributed by atoms with E-state index in [1.54, 1.807) is 0 Å². The van der Waals surface area contributed by atoms with Crippen molar-refractivity contribution in [2.45, 2.75) is 45.8 Å². The van der Waals surface area contributed by atoms with Crippen LogP contribution in [-0.4, -0.2) is 35.2 Å². The van der Waals surface area contributed by atoms with Crippen LogP contribution in [0.25, 0.3) is 0 Å². The molecule has 2 nitrogen and oxygen atoms in total. The Labute approximate surface area is 75.6 Å². The highest BCUT2D eigenvalue weighted by Gasteiger charge is 2.29. The van der Waals surface area contributed by atoms with Crippen LogP contribution in [0.3, 0.4) is 0 Å². The third-order valence-corrected chi connectivity index (χ3v) is 2.66. The molecule has 0 aromatic rings. The predicted octanol–water partition coefficient (Wildman–Crippen LogP) is 1.49. The first kappa shape index (κ1) is 10.0. The Morgan fingerprint density at radius 3 is 2.33 bits per heavy atom. The van der Waals surface area contributed by atoms with Gasteiger partial charge < -0.3 is 5.11 Å². The van der Waals surface area contributed by atoms with Crippen molar-refractivity contribution < 1.29 is 5.11 Å². The van der Waals surface area contributed by atoms with Crippen molar-refractivity contribution in [3.8, 4) is 0 Å². The van der Waals surface area contributed by atoms with Gasteiger partial charge in [0, 0.05) is 12.6 Å². The third kappa shape index (κ3) is 2.76. The topological polar surface area (TPSA) is 23.5 Å². The average molecular weight is 171 g/mol. The highest BCUT2D eigenvalue weighted by molar-refractivity contribution is 4.85. The molecule has 1 aliphatic rings.